The summed E-state index contributed by atoms with van der Waals surface area (Å²) < 4.78 is 27.4. The zero-order valence-corrected chi connectivity index (χ0v) is 12.9. The van der Waals surface area contributed by atoms with Crippen LogP contribution in [0.5, 0.6) is 0 Å². The number of hydrogen-bond acceptors (Lipinski definition) is 4. The first kappa shape index (κ1) is 14.7. The second-order valence-electron chi connectivity index (χ2n) is 5.24. The van der Waals surface area contributed by atoms with Crippen LogP contribution >= 0.6 is 11.3 Å². The number of nitrogens with one attached hydrogen (secondary N) is 2. The van der Waals surface area contributed by atoms with Gasteiger partial charge in [0, 0.05) is 11.7 Å². The maximum absolute atomic E-state index is 12.3. The third kappa shape index (κ3) is 3.46. The van der Waals surface area contributed by atoms with E-state index in [0.29, 0.717) is 11.6 Å². The highest BCUT2D eigenvalue weighted by Crippen LogP contribution is 2.27. The molecule has 0 aliphatic heterocycles. The van der Waals surface area contributed by atoms with E-state index in [-0.39, 0.29) is 15.1 Å². The quantitative estimate of drug-likeness (QED) is 0.893. The van der Waals surface area contributed by atoms with Crippen molar-refractivity contribution in [2.75, 3.05) is 0 Å². The minimum Gasteiger partial charge on any atom is -0.315 e. The SMILES string of the molecule is Cc1[nH]c(=O)sc1S(=O)(=O)NC(C)C1CCCCC1. The summed E-state index contributed by atoms with van der Waals surface area (Å²) in [4.78, 5) is 13.4. The van der Waals surface area contributed by atoms with Gasteiger partial charge in [-0.1, -0.05) is 30.6 Å². The zero-order valence-electron chi connectivity index (χ0n) is 11.2. The maximum atomic E-state index is 12.3. The monoisotopic (exact) mass is 304 g/mol. The Balaban J connectivity index is 2.12. The zero-order chi connectivity index (χ0) is 14.0. The van der Waals surface area contributed by atoms with E-state index in [2.05, 4.69) is 9.71 Å². The van der Waals surface area contributed by atoms with E-state index in [1.165, 1.54) is 19.3 Å². The average Bonchev–Trinajstić information content (AvgIpc) is 2.70. The van der Waals surface area contributed by atoms with Gasteiger partial charge in [0.15, 0.2) is 4.21 Å². The van der Waals surface area contributed by atoms with Crippen molar-refractivity contribution in [2.24, 2.45) is 5.92 Å². The van der Waals surface area contributed by atoms with Crippen molar-refractivity contribution in [1.82, 2.24) is 9.71 Å². The fourth-order valence-corrected chi connectivity index (χ4v) is 5.31. The molecule has 1 saturated carbocycles. The van der Waals surface area contributed by atoms with Crippen LogP contribution in [0.15, 0.2) is 9.00 Å². The topological polar surface area (TPSA) is 79.0 Å². The summed E-state index contributed by atoms with van der Waals surface area (Å²) in [6.07, 6.45) is 5.74. The van der Waals surface area contributed by atoms with Gasteiger partial charge < -0.3 is 4.98 Å². The summed E-state index contributed by atoms with van der Waals surface area (Å²) in [5.41, 5.74) is 0.415. The molecule has 7 heteroatoms. The van der Waals surface area contributed by atoms with Gasteiger partial charge in [-0.05, 0) is 32.6 Å². The normalized spacial score (nSPS) is 19.5. The Morgan fingerprint density at radius 3 is 2.47 bits per heavy atom. The molecule has 1 aromatic rings. The minimum absolute atomic E-state index is 0.0816. The van der Waals surface area contributed by atoms with Gasteiger partial charge in [-0.25, -0.2) is 13.1 Å². The van der Waals surface area contributed by atoms with Crippen LogP contribution in [0.25, 0.3) is 0 Å². The Labute approximate surface area is 117 Å². The van der Waals surface area contributed by atoms with Gasteiger partial charge in [0.1, 0.15) is 0 Å². The molecule has 1 aliphatic carbocycles. The van der Waals surface area contributed by atoms with Crippen LogP contribution in [0, 0.1) is 12.8 Å². The molecule has 1 heterocycles. The van der Waals surface area contributed by atoms with Crippen LogP contribution in [0.4, 0.5) is 0 Å². The summed E-state index contributed by atoms with van der Waals surface area (Å²) in [5.74, 6) is 0.402. The van der Waals surface area contributed by atoms with E-state index in [1.54, 1.807) is 6.92 Å². The Morgan fingerprint density at radius 1 is 1.32 bits per heavy atom. The summed E-state index contributed by atoms with van der Waals surface area (Å²) in [6, 6.07) is -0.0816. The highest BCUT2D eigenvalue weighted by atomic mass is 32.2. The Morgan fingerprint density at radius 2 is 1.95 bits per heavy atom. The molecule has 0 spiro atoms. The highest BCUT2D eigenvalue weighted by molar-refractivity contribution is 7.91. The molecule has 1 aromatic heterocycles. The molecule has 1 fully saturated rings. The van der Waals surface area contributed by atoms with Gasteiger partial charge in [0.05, 0.1) is 0 Å². The molecule has 0 aromatic carbocycles. The van der Waals surface area contributed by atoms with Crippen molar-refractivity contribution in [3.05, 3.63) is 15.4 Å². The average molecular weight is 304 g/mol. The predicted octanol–water partition coefficient (Wildman–Crippen LogP) is 1.99. The molecule has 108 valence electrons. The standard InChI is InChI=1S/C12H20N2O3S2/c1-8(10-6-4-3-5-7-10)14-19(16,17)11-9(2)13-12(15)18-11/h8,10,14H,3-7H2,1-2H3,(H,13,15). The number of thiazole rings is 1. The fourth-order valence-electron chi connectivity index (χ4n) is 2.68. The molecule has 1 unspecified atom stereocenters. The third-order valence-electron chi connectivity index (χ3n) is 3.72. The lowest BCUT2D eigenvalue weighted by Crippen LogP contribution is -2.38. The van der Waals surface area contributed by atoms with Crippen LogP contribution in [-0.2, 0) is 10.0 Å². The summed E-state index contributed by atoms with van der Waals surface area (Å²) in [5, 5.41) is 0. The number of aromatic amines is 1. The molecule has 2 N–H and O–H groups in total. The van der Waals surface area contributed by atoms with E-state index >= 15 is 0 Å². The smallest absolute Gasteiger partial charge is 0.305 e. The number of hydrogen-bond donors (Lipinski definition) is 2. The molecule has 0 saturated heterocycles. The largest absolute Gasteiger partial charge is 0.315 e. The van der Waals surface area contributed by atoms with Gasteiger partial charge in [-0.15, -0.1) is 0 Å². The van der Waals surface area contributed by atoms with Crippen LogP contribution in [-0.4, -0.2) is 19.4 Å². The number of rotatable bonds is 4. The van der Waals surface area contributed by atoms with E-state index in [9.17, 15) is 13.2 Å². The number of H-pyrrole nitrogens is 1. The first-order valence-electron chi connectivity index (χ1n) is 6.62. The van der Waals surface area contributed by atoms with Crippen LogP contribution in [0.1, 0.15) is 44.7 Å². The maximum Gasteiger partial charge on any atom is 0.305 e. The summed E-state index contributed by atoms with van der Waals surface area (Å²) in [7, 11) is -3.58. The van der Waals surface area contributed by atoms with Gasteiger partial charge >= 0.3 is 4.87 Å². The lowest BCUT2D eigenvalue weighted by molar-refractivity contribution is 0.303. The fraction of sp³-hybridized carbons (Fsp3) is 0.750. The molecule has 0 bridgehead atoms. The second-order valence-corrected chi connectivity index (χ2v) is 8.13. The van der Waals surface area contributed by atoms with Crippen LogP contribution in [0.3, 0.4) is 0 Å². The molecular weight excluding hydrogens is 284 g/mol. The van der Waals surface area contributed by atoms with Gasteiger partial charge in [-0.2, -0.15) is 0 Å². The number of aryl methyl sites for hydroxylation is 1. The van der Waals surface area contributed by atoms with Crippen LogP contribution < -0.4 is 9.60 Å². The van der Waals surface area contributed by atoms with Crippen LogP contribution in [0.2, 0.25) is 0 Å². The lowest BCUT2D eigenvalue weighted by atomic mass is 9.85. The molecule has 0 amide bonds. The highest BCUT2D eigenvalue weighted by Gasteiger charge is 2.27. The molecular formula is C12H20N2O3S2. The number of aromatic nitrogens is 1. The Hall–Kier alpha value is -0.660. The van der Waals surface area contributed by atoms with Crippen molar-refractivity contribution in [2.45, 2.75) is 56.2 Å². The molecule has 0 radical (unpaired) electrons. The van der Waals surface area contributed by atoms with Crippen molar-refractivity contribution in [1.29, 1.82) is 0 Å². The van der Waals surface area contributed by atoms with Gasteiger partial charge in [0.25, 0.3) is 10.0 Å². The van der Waals surface area contributed by atoms with Crippen molar-refractivity contribution >= 4 is 21.4 Å². The van der Waals surface area contributed by atoms with E-state index < -0.39 is 10.0 Å². The van der Waals surface area contributed by atoms with Crippen molar-refractivity contribution in [3.8, 4) is 0 Å². The lowest BCUT2D eigenvalue weighted by Gasteiger charge is -2.27. The molecule has 19 heavy (non-hydrogen) atoms. The minimum atomic E-state index is -3.58. The van der Waals surface area contributed by atoms with Crippen molar-refractivity contribution in [3.63, 3.8) is 0 Å². The van der Waals surface area contributed by atoms with Gasteiger partial charge in [0.2, 0.25) is 0 Å². The summed E-state index contributed by atoms with van der Waals surface area (Å²) >= 11 is 0.748. The molecule has 1 atom stereocenters. The summed E-state index contributed by atoms with van der Waals surface area (Å²) in [6.45, 7) is 3.52. The third-order valence-corrected chi connectivity index (χ3v) is 6.89. The van der Waals surface area contributed by atoms with E-state index in [1.807, 2.05) is 6.92 Å². The molecule has 5 nitrogen and oxygen atoms in total. The second kappa shape index (κ2) is 5.76. The molecule has 1 aliphatic rings. The van der Waals surface area contributed by atoms with E-state index in [4.69, 9.17) is 0 Å². The first-order valence-corrected chi connectivity index (χ1v) is 8.92. The predicted molar refractivity (Wildman–Crippen MR) is 76.0 cm³/mol. The van der Waals surface area contributed by atoms with Gasteiger partial charge in [-0.3, -0.25) is 4.79 Å². The first-order chi connectivity index (χ1) is 8.90. The number of sulfonamides is 1. The van der Waals surface area contributed by atoms with E-state index in [0.717, 1.165) is 24.2 Å². The van der Waals surface area contributed by atoms with Crippen molar-refractivity contribution < 1.29 is 8.42 Å². The Kier molecular flexibility index (Phi) is 4.47. The Bertz CT molecular complexity index is 582. The molecule has 2 rings (SSSR count).